The maximum absolute atomic E-state index is 13.3. The van der Waals surface area contributed by atoms with E-state index in [1.165, 1.54) is 0 Å². The summed E-state index contributed by atoms with van der Waals surface area (Å²) in [5.41, 5.74) is 5.19. The van der Waals surface area contributed by atoms with Gasteiger partial charge in [0.2, 0.25) is 0 Å². The van der Waals surface area contributed by atoms with Crippen molar-refractivity contribution in [1.29, 1.82) is 5.26 Å². The monoisotopic (exact) mass is 498 g/mol. The van der Waals surface area contributed by atoms with Crippen LogP contribution in [0.5, 0.6) is 5.75 Å². The highest BCUT2D eigenvalue weighted by Crippen LogP contribution is 2.38. The number of hydrogen-bond acceptors (Lipinski definition) is 7. The molecule has 2 aliphatic heterocycles. The average Bonchev–Trinajstić information content (AvgIpc) is 3.57. The van der Waals surface area contributed by atoms with Gasteiger partial charge >= 0.3 is 0 Å². The fraction of sp³-hybridized carbons (Fsp3) is 0.414. The van der Waals surface area contributed by atoms with Gasteiger partial charge in [0.1, 0.15) is 29.0 Å². The number of hydrogen-bond donors (Lipinski definition) is 0. The van der Waals surface area contributed by atoms with Gasteiger partial charge in [-0.25, -0.2) is 4.98 Å². The quantitative estimate of drug-likeness (QED) is 0.402. The summed E-state index contributed by atoms with van der Waals surface area (Å²) in [6.07, 6.45) is 2.52. The molecule has 4 heterocycles. The zero-order chi connectivity index (χ0) is 25.7. The van der Waals surface area contributed by atoms with Crippen molar-refractivity contribution in [3.05, 3.63) is 63.3 Å². The maximum Gasteiger partial charge on any atom is 0.270 e. The molecule has 0 bridgehead atoms. The second kappa shape index (κ2) is 9.24. The molecule has 8 nitrogen and oxygen atoms in total. The predicted octanol–water partition coefficient (Wildman–Crippen LogP) is 4.72. The molecule has 1 unspecified atom stereocenters. The van der Waals surface area contributed by atoms with Gasteiger partial charge in [0.25, 0.3) is 5.56 Å². The minimum atomic E-state index is -0.291. The SMILES string of the molecule is Cc1ccc2oc(C3CCN(c4c(C#N)c(=O)n(C)c5cc(OC6CCOC6)c(C)cc45)CC3)nc2c1. The Kier molecular flexibility index (Phi) is 5.88. The predicted molar refractivity (Wildman–Crippen MR) is 141 cm³/mol. The summed E-state index contributed by atoms with van der Waals surface area (Å²) in [6, 6.07) is 12.2. The lowest BCUT2D eigenvalue weighted by Gasteiger charge is -2.34. The summed E-state index contributed by atoms with van der Waals surface area (Å²) in [5, 5.41) is 10.9. The molecule has 190 valence electrons. The van der Waals surface area contributed by atoms with Crippen LogP contribution in [-0.2, 0) is 11.8 Å². The number of anilines is 1. The Balaban J connectivity index is 1.34. The van der Waals surface area contributed by atoms with Crippen molar-refractivity contribution in [2.24, 2.45) is 7.05 Å². The molecule has 0 amide bonds. The average molecular weight is 499 g/mol. The number of nitrogens with zero attached hydrogens (tertiary/aromatic N) is 4. The van der Waals surface area contributed by atoms with Gasteiger partial charge < -0.3 is 23.4 Å². The number of nitriles is 1. The molecule has 2 aliphatic rings. The van der Waals surface area contributed by atoms with Crippen molar-refractivity contribution in [3.63, 3.8) is 0 Å². The smallest absolute Gasteiger partial charge is 0.270 e. The van der Waals surface area contributed by atoms with Crippen molar-refractivity contribution >= 4 is 27.7 Å². The Hall–Kier alpha value is -3.83. The molecule has 2 aromatic carbocycles. The van der Waals surface area contributed by atoms with E-state index >= 15 is 0 Å². The summed E-state index contributed by atoms with van der Waals surface area (Å²) in [7, 11) is 1.72. The molecule has 6 rings (SSSR count). The van der Waals surface area contributed by atoms with Crippen molar-refractivity contribution in [3.8, 4) is 11.8 Å². The molecule has 0 spiro atoms. The third-order valence-electron chi connectivity index (χ3n) is 7.68. The maximum atomic E-state index is 13.3. The Morgan fingerprint density at radius 2 is 1.95 bits per heavy atom. The first-order valence-electron chi connectivity index (χ1n) is 12.9. The minimum absolute atomic E-state index is 0.0147. The molecule has 37 heavy (non-hydrogen) atoms. The molecule has 0 aliphatic carbocycles. The van der Waals surface area contributed by atoms with E-state index in [4.69, 9.17) is 18.9 Å². The van der Waals surface area contributed by atoms with Crippen LogP contribution in [-0.4, -0.2) is 42.0 Å². The van der Waals surface area contributed by atoms with Gasteiger partial charge in [0, 0.05) is 43.9 Å². The number of aromatic nitrogens is 2. The van der Waals surface area contributed by atoms with Gasteiger partial charge in [-0.3, -0.25) is 4.79 Å². The van der Waals surface area contributed by atoms with Crippen LogP contribution in [0.1, 0.15) is 47.8 Å². The first-order valence-corrected chi connectivity index (χ1v) is 12.9. The summed E-state index contributed by atoms with van der Waals surface area (Å²) in [6.45, 7) is 6.74. The lowest BCUT2D eigenvalue weighted by Crippen LogP contribution is -2.36. The van der Waals surface area contributed by atoms with E-state index in [-0.39, 0.29) is 23.1 Å². The number of piperidine rings is 1. The van der Waals surface area contributed by atoms with E-state index in [2.05, 4.69) is 11.0 Å². The molecule has 0 saturated carbocycles. The van der Waals surface area contributed by atoms with Gasteiger partial charge in [-0.2, -0.15) is 5.26 Å². The number of pyridine rings is 1. The Morgan fingerprint density at radius 1 is 1.14 bits per heavy atom. The summed E-state index contributed by atoms with van der Waals surface area (Å²) >= 11 is 0. The number of rotatable bonds is 4. The number of fused-ring (bicyclic) bond motifs is 2. The first-order chi connectivity index (χ1) is 17.9. The van der Waals surface area contributed by atoms with Gasteiger partial charge in [0.15, 0.2) is 11.5 Å². The molecule has 2 aromatic heterocycles. The zero-order valence-corrected chi connectivity index (χ0v) is 21.4. The highest BCUT2D eigenvalue weighted by molar-refractivity contribution is 5.96. The molecule has 2 fully saturated rings. The molecule has 0 radical (unpaired) electrons. The second-order valence-electron chi connectivity index (χ2n) is 10.2. The van der Waals surface area contributed by atoms with E-state index in [0.29, 0.717) is 32.0 Å². The van der Waals surface area contributed by atoms with Crippen LogP contribution in [0.3, 0.4) is 0 Å². The van der Waals surface area contributed by atoms with E-state index in [1.54, 1.807) is 11.6 Å². The van der Waals surface area contributed by atoms with Crippen molar-refractivity contribution < 1.29 is 13.9 Å². The molecule has 2 saturated heterocycles. The van der Waals surface area contributed by atoms with Crippen LogP contribution < -0.4 is 15.2 Å². The van der Waals surface area contributed by atoms with Crippen LogP contribution in [0, 0.1) is 25.2 Å². The van der Waals surface area contributed by atoms with Crippen LogP contribution in [0.25, 0.3) is 22.0 Å². The van der Waals surface area contributed by atoms with E-state index in [1.807, 2.05) is 44.2 Å². The van der Waals surface area contributed by atoms with Crippen molar-refractivity contribution in [1.82, 2.24) is 9.55 Å². The first kappa shape index (κ1) is 23.6. The van der Waals surface area contributed by atoms with E-state index < -0.39 is 0 Å². The van der Waals surface area contributed by atoms with Crippen molar-refractivity contribution in [2.45, 2.75) is 45.1 Å². The van der Waals surface area contributed by atoms with E-state index in [9.17, 15) is 10.1 Å². The number of aryl methyl sites for hydroxylation is 3. The Morgan fingerprint density at radius 3 is 2.68 bits per heavy atom. The summed E-state index contributed by atoms with van der Waals surface area (Å²) in [5.74, 6) is 1.71. The Labute approximate surface area is 215 Å². The fourth-order valence-electron chi connectivity index (χ4n) is 5.58. The van der Waals surface area contributed by atoms with Crippen LogP contribution in [0.15, 0.2) is 39.5 Å². The van der Waals surface area contributed by atoms with Crippen LogP contribution in [0.4, 0.5) is 5.69 Å². The lowest BCUT2D eigenvalue weighted by atomic mass is 9.95. The third kappa shape index (κ3) is 4.13. The van der Waals surface area contributed by atoms with Crippen LogP contribution in [0.2, 0.25) is 0 Å². The molecule has 4 aromatic rings. The minimum Gasteiger partial charge on any atom is -0.488 e. The largest absolute Gasteiger partial charge is 0.488 e. The summed E-state index contributed by atoms with van der Waals surface area (Å²) in [4.78, 5) is 20.2. The van der Waals surface area contributed by atoms with Gasteiger partial charge in [-0.1, -0.05) is 6.07 Å². The number of benzene rings is 2. The lowest BCUT2D eigenvalue weighted by molar-refractivity contribution is 0.141. The second-order valence-corrected chi connectivity index (χ2v) is 10.2. The number of ether oxygens (including phenoxy) is 2. The molecule has 8 heteroatoms. The van der Waals surface area contributed by atoms with E-state index in [0.717, 1.165) is 64.0 Å². The van der Waals surface area contributed by atoms with Gasteiger partial charge in [0.05, 0.1) is 24.4 Å². The van der Waals surface area contributed by atoms with Gasteiger partial charge in [-0.15, -0.1) is 0 Å². The highest BCUT2D eigenvalue weighted by Gasteiger charge is 2.29. The zero-order valence-electron chi connectivity index (χ0n) is 21.4. The topological polar surface area (TPSA) is 93.5 Å². The molecule has 0 N–H and O–H groups in total. The fourth-order valence-corrected chi connectivity index (χ4v) is 5.58. The van der Waals surface area contributed by atoms with Gasteiger partial charge in [-0.05, 0) is 56.0 Å². The normalized spacial score (nSPS) is 18.5. The third-order valence-corrected chi connectivity index (χ3v) is 7.68. The van der Waals surface area contributed by atoms with Crippen LogP contribution >= 0.6 is 0 Å². The molecular weight excluding hydrogens is 468 g/mol. The van der Waals surface area contributed by atoms with Crippen molar-refractivity contribution in [2.75, 3.05) is 31.2 Å². The summed E-state index contributed by atoms with van der Waals surface area (Å²) < 4.78 is 19.3. The highest BCUT2D eigenvalue weighted by atomic mass is 16.5. The molecule has 1 atom stereocenters. The Bertz CT molecular complexity index is 1600. The molecular formula is C29H30N4O4. The number of oxazole rings is 1. The standard InChI is InChI=1S/C29H30N4O4/c1-17-4-5-25-23(12-17)31-28(37-25)19-6-9-33(10-7-19)27-21-13-18(2)26(36-20-8-11-35-16-20)14-24(21)32(3)29(34)22(27)15-30/h4-5,12-14,19-20H,6-11,16H2,1-3H3.